The number of Topliss-reactive ketones (excluding diaryl/α,β-unsaturated/α-hetero) is 1. The number of carbonyl (C=O) groups excluding carboxylic acids is 2. The van der Waals surface area contributed by atoms with Gasteiger partial charge in [-0.25, -0.2) is 0 Å². The number of hydrogen-bond acceptors (Lipinski definition) is 6. The Kier molecular flexibility index (Phi) is 6.82. The van der Waals surface area contributed by atoms with Gasteiger partial charge in [-0.3, -0.25) is 9.59 Å². The van der Waals surface area contributed by atoms with Crippen molar-refractivity contribution in [1.29, 1.82) is 0 Å². The summed E-state index contributed by atoms with van der Waals surface area (Å²) in [6, 6.07) is 12.0. The zero-order valence-corrected chi connectivity index (χ0v) is 20.2. The molecule has 1 N–H and O–H groups in total. The Morgan fingerprint density at radius 1 is 1.21 bits per heavy atom. The third-order valence-corrected chi connectivity index (χ3v) is 6.09. The summed E-state index contributed by atoms with van der Waals surface area (Å²) < 4.78 is 11.6. The third kappa shape index (κ3) is 4.47. The lowest BCUT2D eigenvalue weighted by atomic mass is 9.94. The average molecular weight is 465 g/mol. The summed E-state index contributed by atoms with van der Waals surface area (Å²) in [6.45, 7) is 8.38. The van der Waals surface area contributed by atoms with Crippen LogP contribution in [0.3, 0.4) is 0 Å². The number of amides is 1. The second kappa shape index (κ2) is 9.79. The van der Waals surface area contributed by atoms with Crippen LogP contribution in [0.15, 0.2) is 48.0 Å². The molecule has 1 fully saturated rings. The molecule has 0 aliphatic carbocycles. The lowest BCUT2D eigenvalue weighted by Crippen LogP contribution is -2.30. The van der Waals surface area contributed by atoms with E-state index in [-0.39, 0.29) is 11.3 Å². The van der Waals surface area contributed by atoms with Crippen LogP contribution in [-0.4, -0.2) is 55.0 Å². The van der Waals surface area contributed by atoms with Crippen molar-refractivity contribution in [1.82, 2.24) is 4.90 Å². The van der Waals surface area contributed by atoms with Crippen molar-refractivity contribution in [2.45, 2.75) is 33.2 Å². The van der Waals surface area contributed by atoms with Gasteiger partial charge in [0, 0.05) is 19.2 Å². The number of aliphatic hydroxyl groups excluding tert-OH is 1. The number of benzene rings is 2. The van der Waals surface area contributed by atoms with Gasteiger partial charge in [-0.05, 0) is 48.2 Å². The van der Waals surface area contributed by atoms with E-state index in [0.29, 0.717) is 43.4 Å². The van der Waals surface area contributed by atoms with Crippen molar-refractivity contribution in [3.8, 4) is 11.5 Å². The smallest absolute Gasteiger partial charge is 0.295 e. The fraction of sp³-hybridized carbons (Fsp3) is 0.407. The molecule has 0 spiro atoms. The van der Waals surface area contributed by atoms with Gasteiger partial charge in [0.25, 0.3) is 11.7 Å². The van der Waals surface area contributed by atoms with Crippen LogP contribution in [0.4, 0.5) is 5.69 Å². The number of ketones is 1. The SMILES string of the molecule is CCCN1C(=O)C(=O)/C(=C(\O)c2ccc3c(c2)N(C)CCO3)C1c1cccc(OCC(C)C)c1. The molecule has 2 aromatic carbocycles. The number of anilines is 1. The maximum absolute atomic E-state index is 13.2. The van der Waals surface area contributed by atoms with Crippen LogP contribution < -0.4 is 14.4 Å². The van der Waals surface area contributed by atoms with Gasteiger partial charge < -0.3 is 24.4 Å². The quantitative estimate of drug-likeness (QED) is 0.372. The molecule has 7 nitrogen and oxygen atoms in total. The first-order chi connectivity index (χ1) is 16.3. The van der Waals surface area contributed by atoms with Crippen molar-refractivity contribution in [3.63, 3.8) is 0 Å². The molecule has 2 aliphatic heterocycles. The average Bonchev–Trinajstić information content (AvgIpc) is 3.08. The number of rotatable bonds is 7. The summed E-state index contributed by atoms with van der Waals surface area (Å²) in [7, 11) is 1.95. The van der Waals surface area contributed by atoms with Gasteiger partial charge in [0.05, 0.1) is 30.5 Å². The minimum atomic E-state index is -0.687. The van der Waals surface area contributed by atoms with Crippen molar-refractivity contribution in [2.75, 3.05) is 38.3 Å². The number of fused-ring (bicyclic) bond motifs is 1. The fourth-order valence-corrected chi connectivity index (χ4v) is 4.39. The molecule has 0 aromatic heterocycles. The Labute approximate surface area is 200 Å². The van der Waals surface area contributed by atoms with E-state index in [1.807, 2.05) is 43.1 Å². The van der Waals surface area contributed by atoms with Crippen LogP contribution in [0.2, 0.25) is 0 Å². The molecule has 0 bridgehead atoms. The van der Waals surface area contributed by atoms with Gasteiger partial charge in [0.1, 0.15) is 23.9 Å². The molecule has 2 aromatic rings. The number of likely N-dealkylation sites (tertiary alicyclic amines) is 1. The van der Waals surface area contributed by atoms with Crippen molar-refractivity contribution in [2.24, 2.45) is 5.92 Å². The number of aliphatic hydroxyl groups is 1. The summed E-state index contributed by atoms with van der Waals surface area (Å²) in [4.78, 5) is 29.7. The second-order valence-corrected chi connectivity index (χ2v) is 9.22. The lowest BCUT2D eigenvalue weighted by Gasteiger charge is -2.28. The predicted molar refractivity (Wildman–Crippen MR) is 131 cm³/mol. The molecule has 1 saturated heterocycles. The van der Waals surface area contributed by atoms with Gasteiger partial charge in [0.15, 0.2) is 0 Å². The number of hydrogen-bond donors (Lipinski definition) is 1. The Balaban J connectivity index is 1.80. The normalized spacial score (nSPS) is 19.4. The summed E-state index contributed by atoms with van der Waals surface area (Å²) in [5.41, 5.74) is 2.13. The molecule has 1 unspecified atom stereocenters. The van der Waals surface area contributed by atoms with Crippen LogP contribution in [0.25, 0.3) is 5.76 Å². The zero-order chi connectivity index (χ0) is 24.4. The van der Waals surface area contributed by atoms with Crippen LogP contribution in [-0.2, 0) is 9.59 Å². The van der Waals surface area contributed by atoms with Crippen molar-refractivity contribution >= 4 is 23.1 Å². The minimum Gasteiger partial charge on any atom is -0.507 e. The van der Waals surface area contributed by atoms with Gasteiger partial charge in [-0.2, -0.15) is 0 Å². The van der Waals surface area contributed by atoms with Gasteiger partial charge in [-0.15, -0.1) is 0 Å². The monoisotopic (exact) mass is 464 g/mol. The van der Waals surface area contributed by atoms with Crippen LogP contribution in [0.5, 0.6) is 11.5 Å². The molecule has 1 amide bonds. The van der Waals surface area contributed by atoms with Crippen LogP contribution in [0, 0.1) is 5.92 Å². The summed E-state index contributed by atoms with van der Waals surface area (Å²) in [5, 5.41) is 11.3. The predicted octanol–water partition coefficient (Wildman–Crippen LogP) is 4.38. The fourth-order valence-electron chi connectivity index (χ4n) is 4.39. The minimum absolute atomic E-state index is 0.0961. The van der Waals surface area contributed by atoms with E-state index in [9.17, 15) is 14.7 Å². The van der Waals surface area contributed by atoms with E-state index < -0.39 is 17.7 Å². The third-order valence-electron chi connectivity index (χ3n) is 6.09. The van der Waals surface area contributed by atoms with Crippen LogP contribution >= 0.6 is 0 Å². The van der Waals surface area contributed by atoms with Gasteiger partial charge >= 0.3 is 0 Å². The maximum atomic E-state index is 13.2. The number of nitrogens with zero attached hydrogens (tertiary/aromatic N) is 2. The topological polar surface area (TPSA) is 79.3 Å². The molecular formula is C27H32N2O5. The number of likely N-dealkylation sites (N-methyl/N-ethyl adjacent to an activating group) is 1. The summed E-state index contributed by atoms with van der Waals surface area (Å²) in [5.74, 6) is 0.300. The van der Waals surface area contributed by atoms with Crippen molar-refractivity contribution < 1.29 is 24.2 Å². The highest BCUT2D eigenvalue weighted by Gasteiger charge is 2.45. The van der Waals surface area contributed by atoms with E-state index in [1.54, 1.807) is 23.1 Å². The van der Waals surface area contributed by atoms with Gasteiger partial charge in [-0.1, -0.05) is 32.9 Å². The molecule has 4 rings (SSSR count). The molecular weight excluding hydrogens is 432 g/mol. The van der Waals surface area contributed by atoms with Crippen LogP contribution in [0.1, 0.15) is 44.4 Å². The first-order valence-corrected chi connectivity index (χ1v) is 11.8. The maximum Gasteiger partial charge on any atom is 0.295 e. The number of ether oxygens (including phenoxy) is 2. The molecule has 0 saturated carbocycles. The molecule has 34 heavy (non-hydrogen) atoms. The summed E-state index contributed by atoms with van der Waals surface area (Å²) in [6.07, 6.45) is 0.689. The number of carbonyl (C=O) groups is 2. The Morgan fingerprint density at radius 3 is 2.74 bits per heavy atom. The van der Waals surface area contributed by atoms with Gasteiger partial charge in [0.2, 0.25) is 0 Å². The Bertz CT molecular complexity index is 1120. The molecule has 180 valence electrons. The second-order valence-electron chi connectivity index (χ2n) is 9.22. The Morgan fingerprint density at radius 2 is 2.00 bits per heavy atom. The van der Waals surface area contributed by atoms with E-state index in [2.05, 4.69) is 13.8 Å². The van der Waals surface area contributed by atoms with Crippen molar-refractivity contribution in [3.05, 3.63) is 59.2 Å². The molecule has 2 aliphatic rings. The largest absolute Gasteiger partial charge is 0.507 e. The first-order valence-electron chi connectivity index (χ1n) is 11.8. The van der Waals surface area contributed by atoms with E-state index in [4.69, 9.17) is 9.47 Å². The molecule has 7 heteroatoms. The van der Waals surface area contributed by atoms with E-state index in [0.717, 1.165) is 23.5 Å². The summed E-state index contributed by atoms with van der Waals surface area (Å²) >= 11 is 0. The first kappa shape index (κ1) is 23.7. The highest BCUT2D eigenvalue weighted by atomic mass is 16.5. The molecule has 2 heterocycles. The Hall–Kier alpha value is -3.48. The highest BCUT2D eigenvalue weighted by molar-refractivity contribution is 6.46. The molecule has 1 atom stereocenters. The standard InChI is InChI=1S/C27H32N2O5/c1-5-11-29-24(18-7-6-8-20(14-18)34-16-17(2)3)23(26(31)27(29)32)25(30)19-9-10-22-21(15-19)28(4)12-13-33-22/h6-10,14-15,17,24,30H,5,11-13,16H2,1-4H3/b25-23-. The highest BCUT2D eigenvalue weighted by Crippen LogP contribution is 2.41. The zero-order valence-electron chi connectivity index (χ0n) is 20.2. The van der Waals surface area contributed by atoms with E-state index >= 15 is 0 Å². The molecule has 0 radical (unpaired) electrons. The lowest BCUT2D eigenvalue weighted by molar-refractivity contribution is -0.139. The van der Waals surface area contributed by atoms with E-state index in [1.165, 1.54) is 0 Å².